The smallest absolute Gasteiger partial charge is 0.249 e. The van der Waals surface area contributed by atoms with Gasteiger partial charge < -0.3 is 4.57 Å². The monoisotopic (exact) mass is 283 g/mol. The summed E-state index contributed by atoms with van der Waals surface area (Å²) in [5.41, 5.74) is 3.47. The fourth-order valence-electron chi connectivity index (χ4n) is 3.66. The van der Waals surface area contributed by atoms with E-state index in [1.807, 2.05) is 6.07 Å². The van der Waals surface area contributed by atoms with Gasteiger partial charge in [-0.1, -0.05) is 0 Å². The lowest BCUT2D eigenvalue weighted by Crippen LogP contribution is -2.42. The highest BCUT2D eigenvalue weighted by Crippen LogP contribution is 2.35. The fourth-order valence-corrected chi connectivity index (χ4v) is 3.66. The molecule has 0 radical (unpaired) electrons. The minimum atomic E-state index is -0.304. The molecule has 0 aromatic carbocycles. The Morgan fingerprint density at radius 1 is 1.19 bits per heavy atom. The SMILES string of the molecule is O=C1CCC(n2c3c(c4cccnc42)CCCC3)C(=O)N1. The molecule has 1 aliphatic carbocycles. The highest BCUT2D eigenvalue weighted by molar-refractivity contribution is 6.00. The van der Waals surface area contributed by atoms with Crippen molar-refractivity contribution < 1.29 is 9.59 Å². The number of fused-ring (bicyclic) bond motifs is 3. The summed E-state index contributed by atoms with van der Waals surface area (Å²) in [5, 5.41) is 3.63. The van der Waals surface area contributed by atoms with Crippen LogP contribution in [-0.2, 0) is 22.4 Å². The molecule has 2 amide bonds. The van der Waals surface area contributed by atoms with Gasteiger partial charge in [0.1, 0.15) is 11.7 Å². The van der Waals surface area contributed by atoms with E-state index in [-0.39, 0.29) is 17.9 Å². The molecule has 108 valence electrons. The van der Waals surface area contributed by atoms with Crippen LogP contribution in [0.15, 0.2) is 18.3 Å². The molecule has 21 heavy (non-hydrogen) atoms. The van der Waals surface area contributed by atoms with Crippen molar-refractivity contribution in [2.24, 2.45) is 0 Å². The van der Waals surface area contributed by atoms with E-state index in [4.69, 9.17) is 0 Å². The molecule has 0 spiro atoms. The van der Waals surface area contributed by atoms with Crippen LogP contribution in [0.1, 0.15) is 43.0 Å². The van der Waals surface area contributed by atoms with Crippen LogP contribution in [-0.4, -0.2) is 21.4 Å². The van der Waals surface area contributed by atoms with Gasteiger partial charge in [0, 0.05) is 23.7 Å². The van der Waals surface area contributed by atoms with Crippen molar-refractivity contribution in [2.75, 3.05) is 0 Å². The average molecular weight is 283 g/mol. The number of hydrogen-bond acceptors (Lipinski definition) is 3. The van der Waals surface area contributed by atoms with Crippen LogP contribution in [0.3, 0.4) is 0 Å². The molecule has 1 saturated heterocycles. The number of imide groups is 1. The van der Waals surface area contributed by atoms with Gasteiger partial charge in [-0.25, -0.2) is 4.98 Å². The van der Waals surface area contributed by atoms with E-state index < -0.39 is 0 Å². The van der Waals surface area contributed by atoms with Crippen LogP contribution in [0.2, 0.25) is 0 Å². The van der Waals surface area contributed by atoms with E-state index in [1.54, 1.807) is 6.20 Å². The number of hydrogen-bond donors (Lipinski definition) is 1. The van der Waals surface area contributed by atoms with Crippen LogP contribution >= 0.6 is 0 Å². The summed E-state index contributed by atoms with van der Waals surface area (Å²) in [5.74, 6) is -0.364. The molecule has 1 aliphatic heterocycles. The molecule has 5 heteroatoms. The van der Waals surface area contributed by atoms with Gasteiger partial charge in [-0.2, -0.15) is 0 Å². The Kier molecular flexibility index (Phi) is 2.80. The Balaban J connectivity index is 1.92. The molecule has 2 aromatic rings. The van der Waals surface area contributed by atoms with E-state index >= 15 is 0 Å². The Hall–Kier alpha value is -2.17. The van der Waals surface area contributed by atoms with Gasteiger partial charge in [-0.15, -0.1) is 0 Å². The van der Waals surface area contributed by atoms with E-state index in [2.05, 4.69) is 20.9 Å². The highest BCUT2D eigenvalue weighted by Gasteiger charge is 2.32. The molecule has 1 N–H and O–H groups in total. The van der Waals surface area contributed by atoms with Crippen molar-refractivity contribution >= 4 is 22.8 Å². The number of aryl methyl sites for hydroxylation is 1. The average Bonchev–Trinajstić information content (AvgIpc) is 2.82. The first-order chi connectivity index (χ1) is 10.3. The first kappa shape index (κ1) is 12.6. The van der Waals surface area contributed by atoms with Crippen molar-refractivity contribution in [1.82, 2.24) is 14.9 Å². The van der Waals surface area contributed by atoms with Gasteiger partial charge in [-0.3, -0.25) is 14.9 Å². The lowest BCUT2D eigenvalue weighted by Gasteiger charge is -2.26. The first-order valence-electron chi connectivity index (χ1n) is 7.56. The third-order valence-electron chi connectivity index (χ3n) is 4.59. The molecular weight excluding hydrogens is 266 g/mol. The maximum atomic E-state index is 12.3. The topological polar surface area (TPSA) is 64.0 Å². The molecule has 3 heterocycles. The Bertz CT molecular complexity index is 747. The molecular formula is C16H17N3O2. The largest absolute Gasteiger partial charge is 0.317 e. The van der Waals surface area contributed by atoms with Gasteiger partial charge in [0.15, 0.2) is 0 Å². The Labute approximate surface area is 122 Å². The van der Waals surface area contributed by atoms with Gasteiger partial charge in [0.05, 0.1) is 0 Å². The highest BCUT2D eigenvalue weighted by atomic mass is 16.2. The minimum Gasteiger partial charge on any atom is -0.317 e. The fraction of sp³-hybridized carbons (Fsp3) is 0.438. The molecule has 1 unspecified atom stereocenters. The number of rotatable bonds is 1. The summed E-state index contributed by atoms with van der Waals surface area (Å²) in [6.45, 7) is 0. The quantitative estimate of drug-likeness (QED) is 0.813. The third kappa shape index (κ3) is 1.87. The second-order valence-electron chi connectivity index (χ2n) is 5.84. The Morgan fingerprint density at radius 3 is 2.90 bits per heavy atom. The van der Waals surface area contributed by atoms with Crippen LogP contribution in [0, 0.1) is 0 Å². The van der Waals surface area contributed by atoms with Crippen molar-refractivity contribution in [3.05, 3.63) is 29.6 Å². The lowest BCUT2D eigenvalue weighted by molar-refractivity contribution is -0.135. The summed E-state index contributed by atoms with van der Waals surface area (Å²) in [6, 6.07) is 3.74. The predicted octanol–water partition coefficient (Wildman–Crippen LogP) is 1.89. The normalized spacial score (nSPS) is 22.2. The maximum Gasteiger partial charge on any atom is 0.249 e. The van der Waals surface area contributed by atoms with E-state index in [0.717, 1.165) is 30.3 Å². The summed E-state index contributed by atoms with van der Waals surface area (Å²) >= 11 is 0. The summed E-state index contributed by atoms with van der Waals surface area (Å²) in [6.07, 6.45) is 7.12. The number of nitrogens with one attached hydrogen (secondary N) is 1. The number of pyridine rings is 1. The van der Waals surface area contributed by atoms with E-state index in [0.29, 0.717) is 12.8 Å². The summed E-state index contributed by atoms with van der Waals surface area (Å²) < 4.78 is 2.09. The summed E-state index contributed by atoms with van der Waals surface area (Å²) in [7, 11) is 0. The van der Waals surface area contributed by atoms with Crippen LogP contribution in [0.5, 0.6) is 0 Å². The molecule has 2 aromatic heterocycles. The molecule has 4 rings (SSSR count). The third-order valence-corrected chi connectivity index (χ3v) is 4.59. The number of carbonyl (C=O) groups is 2. The zero-order chi connectivity index (χ0) is 14.4. The van der Waals surface area contributed by atoms with Gasteiger partial charge in [-0.05, 0) is 49.8 Å². The number of piperidine rings is 1. The molecule has 1 atom stereocenters. The zero-order valence-electron chi connectivity index (χ0n) is 11.8. The van der Waals surface area contributed by atoms with Gasteiger partial charge >= 0.3 is 0 Å². The van der Waals surface area contributed by atoms with Crippen molar-refractivity contribution in [3.8, 4) is 0 Å². The molecule has 0 saturated carbocycles. The van der Waals surface area contributed by atoms with Crippen LogP contribution < -0.4 is 5.32 Å². The number of amides is 2. The first-order valence-corrected chi connectivity index (χ1v) is 7.56. The Morgan fingerprint density at radius 2 is 2.05 bits per heavy atom. The van der Waals surface area contributed by atoms with Crippen molar-refractivity contribution in [1.29, 1.82) is 0 Å². The second-order valence-corrected chi connectivity index (χ2v) is 5.84. The van der Waals surface area contributed by atoms with Gasteiger partial charge in [0.2, 0.25) is 11.8 Å². The lowest BCUT2D eigenvalue weighted by atomic mass is 9.95. The standard InChI is InChI=1S/C16H17N3O2/c20-14-8-7-13(16(21)18-14)19-12-6-2-1-4-10(12)11-5-3-9-17-15(11)19/h3,5,9,13H,1-2,4,6-8H2,(H,18,20,21). The minimum absolute atomic E-state index is 0.172. The van der Waals surface area contributed by atoms with Gasteiger partial charge in [0.25, 0.3) is 0 Å². The van der Waals surface area contributed by atoms with E-state index in [1.165, 1.54) is 17.7 Å². The molecule has 0 bridgehead atoms. The van der Waals surface area contributed by atoms with Crippen LogP contribution in [0.4, 0.5) is 0 Å². The van der Waals surface area contributed by atoms with Crippen LogP contribution in [0.25, 0.3) is 11.0 Å². The molecule has 2 aliphatic rings. The van der Waals surface area contributed by atoms with Crippen molar-refractivity contribution in [3.63, 3.8) is 0 Å². The second kappa shape index (κ2) is 4.69. The zero-order valence-corrected chi connectivity index (χ0v) is 11.8. The number of nitrogens with zero attached hydrogens (tertiary/aromatic N) is 2. The molecule has 5 nitrogen and oxygen atoms in total. The number of carbonyl (C=O) groups excluding carboxylic acids is 2. The maximum absolute atomic E-state index is 12.3. The predicted molar refractivity (Wildman–Crippen MR) is 77.8 cm³/mol. The summed E-state index contributed by atoms with van der Waals surface area (Å²) in [4.78, 5) is 28.1. The number of aromatic nitrogens is 2. The van der Waals surface area contributed by atoms with E-state index in [9.17, 15) is 9.59 Å². The molecule has 1 fully saturated rings. The van der Waals surface area contributed by atoms with Crippen molar-refractivity contribution in [2.45, 2.75) is 44.6 Å².